The molecule has 10 heavy (non-hydrogen) atoms. The summed E-state index contributed by atoms with van der Waals surface area (Å²) in [7, 11) is 0. The molecule has 0 aromatic rings. The molecule has 0 radical (unpaired) electrons. The molecule has 0 bridgehead atoms. The molecule has 1 heterocycles. The summed E-state index contributed by atoms with van der Waals surface area (Å²) in [5.41, 5.74) is 0.116. The SMILES string of the molecule is CCC1(C)CC(I)=CCO1. The van der Waals surface area contributed by atoms with E-state index in [1.165, 1.54) is 3.58 Å². The summed E-state index contributed by atoms with van der Waals surface area (Å²) in [6.45, 7) is 5.15. The van der Waals surface area contributed by atoms with Crippen LogP contribution >= 0.6 is 22.6 Å². The second-order valence-corrected chi connectivity index (χ2v) is 4.33. The molecular weight excluding hydrogens is 239 g/mol. The van der Waals surface area contributed by atoms with Gasteiger partial charge in [-0.15, -0.1) is 0 Å². The predicted octanol–water partition coefficient (Wildman–Crippen LogP) is 2.89. The summed E-state index contributed by atoms with van der Waals surface area (Å²) in [6.07, 6.45) is 4.34. The van der Waals surface area contributed by atoms with Gasteiger partial charge in [0.05, 0.1) is 12.2 Å². The van der Waals surface area contributed by atoms with Crippen LogP contribution in [0.1, 0.15) is 26.7 Å². The van der Waals surface area contributed by atoms with Crippen molar-refractivity contribution in [2.45, 2.75) is 32.3 Å². The van der Waals surface area contributed by atoms with Crippen molar-refractivity contribution in [1.29, 1.82) is 0 Å². The van der Waals surface area contributed by atoms with Crippen molar-refractivity contribution in [3.05, 3.63) is 9.66 Å². The van der Waals surface area contributed by atoms with Crippen molar-refractivity contribution in [2.24, 2.45) is 0 Å². The highest BCUT2D eigenvalue weighted by atomic mass is 127. The maximum Gasteiger partial charge on any atom is 0.0700 e. The highest BCUT2D eigenvalue weighted by molar-refractivity contribution is 14.1. The van der Waals surface area contributed by atoms with Gasteiger partial charge in [-0.05, 0) is 45.6 Å². The van der Waals surface area contributed by atoms with E-state index in [-0.39, 0.29) is 5.60 Å². The molecule has 0 aliphatic carbocycles. The first kappa shape index (κ1) is 8.53. The lowest BCUT2D eigenvalue weighted by Gasteiger charge is -2.31. The summed E-state index contributed by atoms with van der Waals surface area (Å²) >= 11 is 2.39. The molecule has 0 amide bonds. The van der Waals surface area contributed by atoms with Crippen molar-refractivity contribution in [2.75, 3.05) is 6.61 Å². The van der Waals surface area contributed by atoms with Gasteiger partial charge in [-0.1, -0.05) is 6.92 Å². The summed E-state index contributed by atoms with van der Waals surface area (Å²) in [5, 5.41) is 0. The van der Waals surface area contributed by atoms with Crippen molar-refractivity contribution in [3.8, 4) is 0 Å². The van der Waals surface area contributed by atoms with Crippen LogP contribution in [0.4, 0.5) is 0 Å². The number of rotatable bonds is 1. The van der Waals surface area contributed by atoms with Crippen LogP contribution in [0.2, 0.25) is 0 Å². The normalized spacial score (nSPS) is 33.7. The first-order chi connectivity index (χ1) is 4.66. The van der Waals surface area contributed by atoms with Crippen LogP contribution in [-0.2, 0) is 4.74 Å². The van der Waals surface area contributed by atoms with Gasteiger partial charge in [-0.2, -0.15) is 0 Å². The Morgan fingerprint density at radius 1 is 1.80 bits per heavy atom. The van der Waals surface area contributed by atoms with Gasteiger partial charge in [0, 0.05) is 6.42 Å². The van der Waals surface area contributed by atoms with Crippen LogP contribution in [0.5, 0.6) is 0 Å². The lowest BCUT2D eigenvalue weighted by Crippen LogP contribution is -2.30. The predicted molar refractivity (Wildman–Crippen MR) is 51.4 cm³/mol. The van der Waals surface area contributed by atoms with Crippen LogP contribution in [-0.4, -0.2) is 12.2 Å². The molecule has 0 saturated heterocycles. The Bertz CT molecular complexity index is 153. The Morgan fingerprint density at radius 3 is 2.90 bits per heavy atom. The number of halogens is 1. The van der Waals surface area contributed by atoms with E-state index in [1.807, 2.05) is 0 Å². The van der Waals surface area contributed by atoms with E-state index in [1.54, 1.807) is 0 Å². The van der Waals surface area contributed by atoms with Gasteiger partial charge < -0.3 is 4.74 Å². The molecule has 0 N–H and O–H groups in total. The Balaban J connectivity index is 2.60. The third kappa shape index (κ3) is 1.95. The quantitative estimate of drug-likeness (QED) is 0.652. The minimum absolute atomic E-state index is 0.116. The maximum absolute atomic E-state index is 5.60. The van der Waals surface area contributed by atoms with E-state index in [2.05, 4.69) is 42.5 Å². The number of hydrogen-bond donors (Lipinski definition) is 0. The zero-order valence-electron chi connectivity index (χ0n) is 6.48. The number of hydrogen-bond acceptors (Lipinski definition) is 1. The Labute approximate surface area is 76.0 Å². The van der Waals surface area contributed by atoms with E-state index in [0.29, 0.717) is 0 Å². The van der Waals surface area contributed by atoms with Crippen LogP contribution in [0.25, 0.3) is 0 Å². The topological polar surface area (TPSA) is 9.23 Å². The maximum atomic E-state index is 5.60. The third-order valence-corrected chi connectivity index (χ3v) is 2.85. The van der Waals surface area contributed by atoms with Gasteiger partial charge in [0.2, 0.25) is 0 Å². The molecule has 1 aliphatic heterocycles. The molecule has 1 aliphatic rings. The zero-order chi connectivity index (χ0) is 7.61. The van der Waals surface area contributed by atoms with Crippen LogP contribution in [0.3, 0.4) is 0 Å². The zero-order valence-corrected chi connectivity index (χ0v) is 8.64. The molecule has 0 fully saturated rings. The smallest absolute Gasteiger partial charge is 0.0700 e. The van der Waals surface area contributed by atoms with Gasteiger partial charge >= 0.3 is 0 Å². The summed E-state index contributed by atoms with van der Waals surface area (Å²) in [6, 6.07) is 0. The monoisotopic (exact) mass is 252 g/mol. The lowest BCUT2D eigenvalue weighted by atomic mass is 9.97. The first-order valence-electron chi connectivity index (χ1n) is 3.65. The fourth-order valence-corrected chi connectivity index (χ4v) is 2.03. The van der Waals surface area contributed by atoms with Crippen molar-refractivity contribution in [3.63, 3.8) is 0 Å². The molecule has 0 saturated carbocycles. The molecule has 0 spiro atoms. The Kier molecular flexibility index (Phi) is 2.74. The van der Waals surface area contributed by atoms with Crippen molar-refractivity contribution in [1.82, 2.24) is 0 Å². The minimum atomic E-state index is 0.116. The first-order valence-corrected chi connectivity index (χ1v) is 4.73. The largest absolute Gasteiger partial charge is 0.371 e. The van der Waals surface area contributed by atoms with Gasteiger partial charge in [-0.3, -0.25) is 0 Å². The Hall–Kier alpha value is 0.430. The summed E-state index contributed by atoms with van der Waals surface area (Å²) in [5.74, 6) is 0. The fourth-order valence-electron chi connectivity index (χ4n) is 1.04. The Morgan fingerprint density at radius 2 is 2.50 bits per heavy atom. The van der Waals surface area contributed by atoms with Gasteiger partial charge in [0.1, 0.15) is 0 Å². The van der Waals surface area contributed by atoms with E-state index < -0.39 is 0 Å². The molecule has 0 aromatic carbocycles. The molecule has 1 nitrogen and oxygen atoms in total. The van der Waals surface area contributed by atoms with Crippen molar-refractivity contribution >= 4 is 22.6 Å². The van der Waals surface area contributed by atoms with Crippen LogP contribution in [0.15, 0.2) is 9.66 Å². The summed E-state index contributed by atoms with van der Waals surface area (Å²) < 4.78 is 7.04. The molecule has 1 atom stereocenters. The van der Waals surface area contributed by atoms with Gasteiger partial charge in [0.15, 0.2) is 0 Å². The molecule has 1 unspecified atom stereocenters. The van der Waals surface area contributed by atoms with Crippen molar-refractivity contribution < 1.29 is 4.74 Å². The second-order valence-electron chi connectivity index (χ2n) is 2.94. The summed E-state index contributed by atoms with van der Waals surface area (Å²) in [4.78, 5) is 0. The lowest BCUT2D eigenvalue weighted by molar-refractivity contribution is -0.0246. The highest BCUT2D eigenvalue weighted by Crippen LogP contribution is 2.30. The van der Waals surface area contributed by atoms with E-state index in [0.717, 1.165) is 19.4 Å². The standard InChI is InChI=1S/C8H13IO/c1-3-8(2)6-7(9)4-5-10-8/h4H,3,5-6H2,1-2H3. The van der Waals surface area contributed by atoms with Crippen LogP contribution in [0, 0.1) is 0 Å². The van der Waals surface area contributed by atoms with E-state index >= 15 is 0 Å². The van der Waals surface area contributed by atoms with E-state index in [9.17, 15) is 0 Å². The average Bonchev–Trinajstić information content (AvgIpc) is 1.88. The van der Waals surface area contributed by atoms with Gasteiger partial charge in [-0.25, -0.2) is 0 Å². The molecular formula is C8H13IO. The highest BCUT2D eigenvalue weighted by Gasteiger charge is 2.25. The molecule has 0 aromatic heterocycles. The van der Waals surface area contributed by atoms with Crippen LogP contribution < -0.4 is 0 Å². The van der Waals surface area contributed by atoms with E-state index in [4.69, 9.17) is 4.74 Å². The minimum Gasteiger partial charge on any atom is -0.371 e. The average molecular weight is 252 g/mol. The fraction of sp³-hybridized carbons (Fsp3) is 0.750. The third-order valence-electron chi connectivity index (χ3n) is 2.03. The molecule has 2 heteroatoms. The molecule has 1 rings (SSSR count). The second kappa shape index (κ2) is 3.22. The van der Waals surface area contributed by atoms with Gasteiger partial charge in [0.25, 0.3) is 0 Å². The molecule has 58 valence electrons. The number of ether oxygens (including phenoxy) is 1.